The van der Waals surface area contributed by atoms with Crippen LogP contribution in [0.3, 0.4) is 0 Å². The Morgan fingerprint density at radius 2 is 1.42 bits per heavy atom. The summed E-state index contributed by atoms with van der Waals surface area (Å²) >= 11 is 0. The maximum Gasteiger partial charge on any atom is 0.323 e. The fourth-order valence-electron chi connectivity index (χ4n) is 3.95. The lowest BCUT2D eigenvalue weighted by molar-refractivity contribution is -0.145. The molecule has 0 aromatic heterocycles. The zero-order chi connectivity index (χ0) is 21.8. The van der Waals surface area contributed by atoms with Crippen molar-refractivity contribution in [2.45, 2.75) is 13.1 Å². The summed E-state index contributed by atoms with van der Waals surface area (Å²) in [5, 5.41) is 13.1. The van der Waals surface area contributed by atoms with E-state index in [0.29, 0.717) is 13.1 Å². The number of carbonyl (C=O) groups excluding carboxylic acids is 1. The fraction of sp³-hybridized carbons (Fsp3) is 0.200. The van der Waals surface area contributed by atoms with Crippen molar-refractivity contribution >= 4 is 17.6 Å². The number of fused-ring (bicyclic) bond motifs is 1. The van der Waals surface area contributed by atoms with Crippen molar-refractivity contribution in [3.8, 4) is 11.1 Å². The second-order valence-corrected chi connectivity index (χ2v) is 7.64. The highest BCUT2D eigenvalue weighted by Crippen LogP contribution is 2.31. The number of hydrogen-bond acceptors (Lipinski definition) is 4. The molecule has 1 aliphatic rings. The first-order valence-corrected chi connectivity index (χ1v) is 10.2. The van der Waals surface area contributed by atoms with E-state index >= 15 is 0 Å². The van der Waals surface area contributed by atoms with E-state index in [1.54, 1.807) is 17.0 Å². The molecular weight excluding hydrogens is 390 g/mol. The summed E-state index contributed by atoms with van der Waals surface area (Å²) in [7, 11) is 1.75. The molecule has 1 N–H and O–H groups in total. The van der Waals surface area contributed by atoms with Crippen LogP contribution in [0.1, 0.15) is 11.1 Å². The number of hydrazine groups is 1. The van der Waals surface area contributed by atoms with Gasteiger partial charge in [0.15, 0.2) is 0 Å². The summed E-state index contributed by atoms with van der Waals surface area (Å²) in [6.07, 6.45) is 0. The molecule has 3 aromatic rings. The van der Waals surface area contributed by atoms with Crippen LogP contribution in [0.5, 0.6) is 0 Å². The maximum absolute atomic E-state index is 13.1. The number of anilines is 1. The topological polar surface area (TPSA) is 64.1 Å². The van der Waals surface area contributed by atoms with Crippen LogP contribution in [0.4, 0.5) is 5.69 Å². The Morgan fingerprint density at radius 1 is 0.839 bits per heavy atom. The first-order chi connectivity index (χ1) is 15.0. The number of amides is 1. The van der Waals surface area contributed by atoms with Gasteiger partial charge in [-0.1, -0.05) is 72.8 Å². The number of para-hydroxylation sites is 1. The predicted octanol–water partition coefficient (Wildman–Crippen LogP) is 3.63. The monoisotopic (exact) mass is 415 g/mol. The van der Waals surface area contributed by atoms with Crippen molar-refractivity contribution in [1.82, 2.24) is 10.0 Å². The summed E-state index contributed by atoms with van der Waals surface area (Å²) in [5.74, 6) is -1.14. The Hall–Kier alpha value is -3.64. The third-order valence-corrected chi connectivity index (χ3v) is 5.59. The molecule has 0 atom stereocenters. The van der Waals surface area contributed by atoms with Crippen LogP contribution in [-0.2, 0) is 22.7 Å². The third kappa shape index (κ3) is 4.59. The fourth-order valence-corrected chi connectivity index (χ4v) is 3.95. The van der Waals surface area contributed by atoms with Gasteiger partial charge in [0.1, 0.15) is 6.54 Å². The van der Waals surface area contributed by atoms with E-state index in [1.807, 2.05) is 71.7 Å². The number of carboxylic acid groups (broad SMARTS) is 1. The molecular formula is C25H25N3O3. The number of hydrogen-bond donors (Lipinski definition) is 1. The average molecular weight is 415 g/mol. The van der Waals surface area contributed by atoms with Crippen LogP contribution < -0.4 is 4.90 Å². The highest BCUT2D eigenvalue weighted by molar-refractivity contribution is 5.88. The van der Waals surface area contributed by atoms with Crippen LogP contribution in [0.25, 0.3) is 11.1 Å². The van der Waals surface area contributed by atoms with Crippen LogP contribution >= 0.6 is 0 Å². The Bertz CT molecular complexity index is 1060. The van der Waals surface area contributed by atoms with E-state index in [-0.39, 0.29) is 19.0 Å². The van der Waals surface area contributed by atoms with Gasteiger partial charge in [-0.15, -0.1) is 0 Å². The van der Waals surface area contributed by atoms with Gasteiger partial charge < -0.3 is 10.0 Å². The Labute approximate surface area is 181 Å². The molecule has 31 heavy (non-hydrogen) atoms. The van der Waals surface area contributed by atoms with Gasteiger partial charge in [0.2, 0.25) is 0 Å². The first kappa shape index (κ1) is 20.6. The normalized spacial score (nSPS) is 12.9. The Kier molecular flexibility index (Phi) is 6.00. The van der Waals surface area contributed by atoms with Crippen LogP contribution in [0.2, 0.25) is 0 Å². The third-order valence-electron chi connectivity index (χ3n) is 5.59. The van der Waals surface area contributed by atoms with Crippen molar-refractivity contribution in [3.05, 3.63) is 90.0 Å². The lowest BCUT2D eigenvalue weighted by Gasteiger charge is -2.31. The number of rotatable bonds is 7. The van der Waals surface area contributed by atoms with Crippen LogP contribution in [0.15, 0.2) is 78.9 Å². The molecule has 6 heteroatoms. The lowest BCUT2D eigenvalue weighted by atomic mass is 10.0. The summed E-state index contributed by atoms with van der Waals surface area (Å²) < 4.78 is 0. The van der Waals surface area contributed by atoms with Crippen molar-refractivity contribution in [2.75, 3.05) is 25.0 Å². The quantitative estimate of drug-likeness (QED) is 0.638. The van der Waals surface area contributed by atoms with Gasteiger partial charge in [0, 0.05) is 31.4 Å². The first-order valence-electron chi connectivity index (χ1n) is 10.2. The molecule has 0 saturated heterocycles. The van der Waals surface area contributed by atoms with E-state index in [4.69, 9.17) is 0 Å². The second-order valence-electron chi connectivity index (χ2n) is 7.64. The minimum Gasteiger partial charge on any atom is -0.480 e. The summed E-state index contributed by atoms with van der Waals surface area (Å²) in [6.45, 7) is 1.04. The van der Waals surface area contributed by atoms with Gasteiger partial charge in [-0.3, -0.25) is 14.6 Å². The SMILES string of the molecule is CN(C(=O)CN(CC(=O)O)c1ccccc1-c1ccccc1)N1Cc2ccccc2C1. The summed E-state index contributed by atoms with van der Waals surface area (Å²) in [6, 6.07) is 25.5. The number of carboxylic acids is 1. The van der Waals surface area contributed by atoms with Crippen molar-refractivity contribution in [2.24, 2.45) is 0 Å². The molecule has 0 radical (unpaired) electrons. The molecule has 0 spiro atoms. The number of aliphatic carboxylic acids is 1. The van der Waals surface area contributed by atoms with Gasteiger partial charge in [0.25, 0.3) is 5.91 Å². The molecule has 0 aliphatic carbocycles. The lowest BCUT2D eigenvalue weighted by Crippen LogP contribution is -2.46. The van der Waals surface area contributed by atoms with Gasteiger partial charge in [-0.05, 0) is 22.8 Å². The van der Waals surface area contributed by atoms with E-state index in [1.165, 1.54) is 11.1 Å². The molecule has 0 bridgehead atoms. The number of benzene rings is 3. The maximum atomic E-state index is 13.1. The van der Waals surface area contributed by atoms with Gasteiger partial charge in [-0.2, -0.15) is 0 Å². The molecule has 1 amide bonds. The number of carbonyl (C=O) groups is 2. The zero-order valence-electron chi connectivity index (χ0n) is 17.4. The molecule has 4 rings (SSSR count). The number of likely N-dealkylation sites (N-methyl/N-ethyl adjacent to an activating group) is 1. The van der Waals surface area contributed by atoms with Crippen LogP contribution in [0, 0.1) is 0 Å². The van der Waals surface area contributed by atoms with Gasteiger partial charge in [-0.25, -0.2) is 5.01 Å². The minimum atomic E-state index is -0.980. The molecule has 0 saturated carbocycles. The molecule has 0 unspecified atom stereocenters. The van der Waals surface area contributed by atoms with Gasteiger partial charge in [0.05, 0.1) is 6.54 Å². The highest BCUT2D eigenvalue weighted by Gasteiger charge is 2.27. The largest absolute Gasteiger partial charge is 0.480 e. The Morgan fingerprint density at radius 3 is 2.06 bits per heavy atom. The predicted molar refractivity (Wildman–Crippen MR) is 120 cm³/mol. The second kappa shape index (κ2) is 9.02. The smallest absolute Gasteiger partial charge is 0.323 e. The van der Waals surface area contributed by atoms with E-state index in [2.05, 4.69) is 12.1 Å². The minimum absolute atomic E-state index is 0.0283. The van der Waals surface area contributed by atoms with Crippen molar-refractivity contribution < 1.29 is 14.7 Å². The molecule has 0 fully saturated rings. The molecule has 3 aromatic carbocycles. The van der Waals surface area contributed by atoms with E-state index in [0.717, 1.165) is 16.8 Å². The summed E-state index contributed by atoms with van der Waals surface area (Å²) in [5.41, 5.74) is 5.01. The average Bonchev–Trinajstić information content (AvgIpc) is 3.22. The highest BCUT2D eigenvalue weighted by atomic mass is 16.4. The molecule has 6 nitrogen and oxygen atoms in total. The Balaban J connectivity index is 1.56. The van der Waals surface area contributed by atoms with E-state index in [9.17, 15) is 14.7 Å². The standard InChI is InChI=1S/C25H25N3O3/c1-26(28-15-20-11-5-6-12-21(20)16-28)24(29)17-27(18-25(30)31)23-14-8-7-13-22(23)19-9-3-2-4-10-19/h2-14H,15-18H2,1H3,(H,30,31). The summed E-state index contributed by atoms with van der Waals surface area (Å²) in [4.78, 5) is 26.4. The molecule has 158 valence electrons. The molecule has 1 aliphatic heterocycles. The van der Waals surface area contributed by atoms with Gasteiger partial charge >= 0.3 is 5.97 Å². The van der Waals surface area contributed by atoms with Crippen LogP contribution in [-0.4, -0.2) is 47.1 Å². The number of nitrogens with zero attached hydrogens (tertiary/aromatic N) is 3. The van der Waals surface area contributed by atoms with E-state index < -0.39 is 5.97 Å². The molecule has 1 heterocycles. The van der Waals surface area contributed by atoms with Crippen molar-refractivity contribution in [3.63, 3.8) is 0 Å². The zero-order valence-corrected chi connectivity index (χ0v) is 17.4. The van der Waals surface area contributed by atoms with Crippen molar-refractivity contribution in [1.29, 1.82) is 0 Å².